The summed E-state index contributed by atoms with van der Waals surface area (Å²) in [5.74, 6) is -1.49. The van der Waals surface area contributed by atoms with Gasteiger partial charge in [0.2, 0.25) is 0 Å². The molecule has 0 aliphatic heterocycles. The fourth-order valence-electron chi connectivity index (χ4n) is 1.33. The molecule has 0 aliphatic carbocycles. The van der Waals surface area contributed by atoms with E-state index in [1.807, 2.05) is 31.4 Å². The van der Waals surface area contributed by atoms with E-state index in [1.165, 1.54) is 0 Å². The van der Waals surface area contributed by atoms with E-state index in [0.717, 1.165) is 4.88 Å². The topological polar surface area (TPSA) is 82.0 Å². The van der Waals surface area contributed by atoms with Crippen LogP contribution in [0.15, 0.2) is 17.5 Å². The van der Waals surface area contributed by atoms with E-state index in [0.29, 0.717) is 6.54 Å². The summed E-state index contributed by atoms with van der Waals surface area (Å²) in [6.07, 6.45) is 0. The van der Waals surface area contributed by atoms with Gasteiger partial charge in [0, 0.05) is 16.8 Å². The van der Waals surface area contributed by atoms with Crippen molar-refractivity contribution in [3.05, 3.63) is 22.4 Å². The number of carbonyl (C=O) groups is 2. The number of nitrogens with one attached hydrogen (secondary N) is 2. The van der Waals surface area contributed by atoms with E-state index in [-0.39, 0.29) is 12.0 Å². The molecular formula is C12H15N3O2S. The Kier molecular flexibility index (Phi) is 4.86. The summed E-state index contributed by atoms with van der Waals surface area (Å²) in [6.45, 7) is 4.19. The molecule has 1 aromatic heterocycles. The Balaban J connectivity index is 2.48. The molecule has 0 aromatic carbocycles. The van der Waals surface area contributed by atoms with Gasteiger partial charge in [0.1, 0.15) is 6.54 Å². The maximum atomic E-state index is 11.4. The molecule has 1 rings (SSSR count). The van der Waals surface area contributed by atoms with E-state index in [2.05, 4.69) is 10.6 Å². The van der Waals surface area contributed by atoms with Gasteiger partial charge in [-0.1, -0.05) is 19.9 Å². The number of nitriles is 1. The summed E-state index contributed by atoms with van der Waals surface area (Å²) in [7, 11) is 0. The Bertz CT molecular complexity index is 460. The lowest BCUT2D eigenvalue weighted by Gasteiger charge is -2.23. The van der Waals surface area contributed by atoms with Gasteiger partial charge in [-0.25, -0.2) is 0 Å². The summed E-state index contributed by atoms with van der Waals surface area (Å²) in [5, 5.41) is 15.0. The third kappa shape index (κ3) is 3.86. The predicted molar refractivity (Wildman–Crippen MR) is 69.0 cm³/mol. The minimum absolute atomic E-state index is 0.166. The lowest BCUT2D eigenvalue weighted by molar-refractivity contribution is -0.139. The number of hydrogen-bond donors (Lipinski definition) is 2. The normalized spacial score (nSPS) is 10.5. The molecule has 0 radical (unpaired) electrons. The van der Waals surface area contributed by atoms with Crippen LogP contribution < -0.4 is 10.6 Å². The minimum Gasteiger partial charge on any atom is -0.347 e. The lowest BCUT2D eigenvalue weighted by atomic mass is 9.91. The van der Waals surface area contributed by atoms with Crippen molar-refractivity contribution in [2.24, 2.45) is 0 Å². The highest BCUT2D eigenvalue weighted by Gasteiger charge is 2.23. The maximum Gasteiger partial charge on any atom is 0.310 e. The zero-order valence-corrected chi connectivity index (χ0v) is 11.1. The Morgan fingerprint density at radius 1 is 1.39 bits per heavy atom. The van der Waals surface area contributed by atoms with E-state index in [4.69, 9.17) is 5.26 Å². The molecule has 2 N–H and O–H groups in total. The van der Waals surface area contributed by atoms with Crippen molar-refractivity contribution in [2.75, 3.05) is 13.1 Å². The first-order valence-electron chi connectivity index (χ1n) is 5.44. The largest absolute Gasteiger partial charge is 0.347 e. The third-order valence-electron chi connectivity index (χ3n) is 2.41. The maximum absolute atomic E-state index is 11.4. The monoisotopic (exact) mass is 265 g/mol. The first-order chi connectivity index (χ1) is 8.47. The van der Waals surface area contributed by atoms with Crippen molar-refractivity contribution in [1.29, 1.82) is 5.26 Å². The molecule has 0 fully saturated rings. The van der Waals surface area contributed by atoms with Crippen LogP contribution in [0.5, 0.6) is 0 Å². The van der Waals surface area contributed by atoms with Crippen LogP contribution in [0.2, 0.25) is 0 Å². The number of amides is 2. The Hall–Kier alpha value is -1.87. The molecule has 0 spiro atoms. The van der Waals surface area contributed by atoms with Gasteiger partial charge in [0.05, 0.1) is 6.07 Å². The van der Waals surface area contributed by atoms with Crippen LogP contribution >= 0.6 is 11.3 Å². The molecule has 96 valence electrons. The molecule has 1 heterocycles. The Morgan fingerprint density at radius 3 is 2.61 bits per heavy atom. The molecule has 18 heavy (non-hydrogen) atoms. The van der Waals surface area contributed by atoms with Crippen molar-refractivity contribution in [3.63, 3.8) is 0 Å². The molecule has 0 unspecified atom stereocenters. The highest BCUT2D eigenvalue weighted by Crippen LogP contribution is 2.26. The third-order valence-corrected chi connectivity index (χ3v) is 3.65. The predicted octanol–water partition coefficient (Wildman–Crippen LogP) is 0.782. The van der Waals surface area contributed by atoms with Gasteiger partial charge >= 0.3 is 11.8 Å². The molecule has 0 aliphatic rings. The highest BCUT2D eigenvalue weighted by atomic mass is 32.1. The fraction of sp³-hybridized carbons (Fsp3) is 0.417. The van der Waals surface area contributed by atoms with E-state index < -0.39 is 11.8 Å². The molecule has 0 saturated carbocycles. The van der Waals surface area contributed by atoms with E-state index in [9.17, 15) is 9.59 Å². The summed E-state index contributed by atoms with van der Waals surface area (Å²) < 4.78 is 0. The summed E-state index contributed by atoms with van der Waals surface area (Å²) >= 11 is 1.61. The van der Waals surface area contributed by atoms with Crippen molar-refractivity contribution in [1.82, 2.24) is 10.6 Å². The standard InChI is InChI=1S/C12H15N3O2S/c1-12(2,9-4-3-7-18-9)8-15-11(17)10(16)14-6-5-13/h3-4,7H,6,8H2,1-2H3,(H,14,16)(H,15,17). The van der Waals surface area contributed by atoms with E-state index >= 15 is 0 Å². The van der Waals surface area contributed by atoms with Gasteiger partial charge in [0.15, 0.2) is 0 Å². The molecule has 0 saturated heterocycles. The van der Waals surface area contributed by atoms with Gasteiger partial charge in [-0.2, -0.15) is 5.26 Å². The van der Waals surface area contributed by atoms with Crippen LogP contribution in [0.25, 0.3) is 0 Å². The van der Waals surface area contributed by atoms with E-state index in [1.54, 1.807) is 17.4 Å². The average molecular weight is 265 g/mol. The zero-order valence-electron chi connectivity index (χ0n) is 10.3. The van der Waals surface area contributed by atoms with Gasteiger partial charge in [-0.15, -0.1) is 11.3 Å². The van der Waals surface area contributed by atoms with Crippen LogP contribution in [0, 0.1) is 11.3 Å². The number of rotatable bonds is 4. The quantitative estimate of drug-likeness (QED) is 0.623. The van der Waals surface area contributed by atoms with Crippen molar-refractivity contribution in [3.8, 4) is 6.07 Å². The SMILES string of the molecule is CC(C)(CNC(=O)C(=O)NCC#N)c1cccs1. The zero-order chi connectivity index (χ0) is 13.6. The van der Waals surface area contributed by atoms with Crippen LogP contribution in [0.1, 0.15) is 18.7 Å². The minimum atomic E-state index is -0.779. The molecule has 2 amide bonds. The van der Waals surface area contributed by atoms with Gasteiger partial charge in [0.25, 0.3) is 0 Å². The van der Waals surface area contributed by atoms with Gasteiger partial charge in [-0.05, 0) is 11.4 Å². The first kappa shape index (κ1) is 14.2. The van der Waals surface area contributed by atoms with Crippen molar-refractivity contribution in [2.45, 2.75) is 19.3 Å². The molecular weight excluding hydrogens is 250 g/mol. The van der Waals surface area contributed by atoms with Crippen LogP contribution in [0.4, 0.5) is 0 Å². The first-order valence-corrected chi connectivity index (χ1v) is 6.32. The molecule has 5 nitrogen and oxygen atoms in total. The number of nitrogens with zero attached hydrogens (tertiary/aromatic N) is 1. The second kappa shape index (κ2) is 6.17. The Morgan fingerprint density at radius 2 is 2.06 bits per heavy atom. The van der Waals surface area contributed by atoms with Crippen LogP contribution in [-0.2, 0) is 15.0 Å². The second-order valence-corrected chi connectivity index (χ2v) is 5.33. The summed E-state index contributed by atoms with van der Waals surface area (Å²) in [6, 6.07) is 5.68. The van der Waals surface area contributed by atoms with Gasteiger partial charge < -0.3 is 10.6 Å². The average Bonchev–Trinajstić information content (AvgIpc) is 2.87. The molecule has 0 bridgehead atoms. The number of hydrogen-bond acceptors (Lipinski definition) is 4. The second-order valence-electron chi connectivity index (χ2n) is 4.38. The Labute approximate surface area is 110 Å². The summed E-state index contributed by atoms with van der Waals surface area (Å²) in [4.78, 5) is 23.8. The van der Waals surface area contributed by atoms with Crippen LogP contribution in [0.3, 0.4) is 0 Å². The summed E-state index contributed by atoms with van der Waals surface area (Å²) in [5.41, 5.74) is -0.223. The van der Waals surface area contributed by atoms with Crippen molar-refractivity contribution >= 4 is 23.2 Å². The van der Waals surface area contributed by atoms with Crippen LogP contribution in [-0.4, -0.2) is 24.9 Å². The molecule has 1 aromatic rings. The highest BCUT2D eigenvalue weighted by molar-refractivity contribution is 7.10. The van der Waals surface area contributed by atoms with Gasteiger partial charge in [-0.3, -0.25) is 9.59 Å². The number of carbonyl (C=O) groups excluding carboxylic acids is 2. The number of thiophene rings is 1. The lowest BCUT2D eigenvalue weighted by Crippen LogP contribution is -2.44. The fourth-order valence-corrected chi connectivity index (χ4v) is 2.18. The molecule has 6 heteroatoms. The van der Waals surface area contributed by atoms with Crippen molar-refractivity contribution < 1.29 is 9.59 Å². The molecule has 0 atom stereocenters. The smallest absolute Gasteiger partial charge is 0.310 e.